The van der Waals surface area contributed by atoms with Gasteiger partial charge in [-0.1, -0.05) is 11.6 Å². The Kier molecular flexibility index (Phi) is 5.25. The fraction of sp³-hybridized carbons (Fsp3) is 0.235. The first-order valence-corrected chi connectivity index (χ1v) is 10.1. The minimum absolute atomic E-state index is 0.0119. The lowest BCUT2D eigenvalue weighted by Crippen LogP contribution is -2.36. The van der Waals surface area contributed by atoms with Gasteiger partial charge in [-0.15, -0.1) is 0 Å². The second-order valence-electron chi connectivity index (χ2n) is 5.96. The average Bonchev–Trinajstić information content (AvgIpc) is 2.77. The third-order valence-electron chi connectivity index (χ3n) is 3.93. The highest BCUT2D eigenvalue weighted by Gasteiger charge is 2.31. The molecule has 0 radical (unpaired) electrons. The summed E-state index contributed by atoms with van der Waals surface area (Å²) in [4.78, 5) is 12.5. The third kappa shape index (κ3) is 4.30. The molecule has 144 valence electrons. The molecule has 0 saturated heterocycles. The van der Waals surface area contributed by atoms with Crippen LogP contribution in [0.15, 0.2) is 36.4 Å². The highest BCUT2D eigenvalue weighted by atomic mass is 35.5. The summed E-state index contributed by atoms with van der Waals surface area (Å²) in [6.07, 6.45) is 0.0543. The third-order valence-corrected chi connectivity index (χ3v) is 5.35. The first-order chi connectivity index (χ1) is 12.6. The van der Waals surface area contributed by atoms with Crippen LogP contribution in [0.2, 0.25) is 5.02 Å². The maximum Gasteiger partial charge on any atom is 0.265 e. The summed E-state index contributed by atoms with van der Waals surface area (Å²) in [6.45, 7) is -0.0119. The number of sulfonamides is 1. The summed E-state index contributed by atoms with van der Waals surface area (Å²) in [6, 6.07) is 7.37. The molecule has 27 heavy (non-hydrogen) atoms. The van der Waals surface area contributed by atoms with Crippen molar-refractivity contribution in [3.63, 3.8) is 0 Å². The van der Waals surface area contributed by atoms with Crippen molar-refractivity contribution >= 4 is 38.9 Å². The average molecular weight is 417 g/mol. The molecule has 0 aromatic heterocycles. The first-order valence-electron chi connectivity index (χ1n) is 7.85. The number of carbonyl (C=O) groups excluding carboxylic acids is 1. The van der Waals surface area contributed by atoms with Crippen LogP contribution in [0.3, 0.4) is 0 Å². The van der Waals surface area contributed by atoms with Gasteiger partial charge >= 0.3 is 0 Å². The highest BCUT2D eigenvalue weighted by Crippen LogP contribution is 2.36. The number of amides is 1. The molecule has 1 N–H and O–H groups in total. The summed E-state index contributed by atoms with van der Waals surface area (Å²) in [5.74, 6) is -2.57. The van der Waals surface area contributed by atoms with Gasteiger partial charge in [0.25, 0.3) is 5.91 Å². The van der Waals surface area contributed by atoms with Crippen molar-refractivity contribution < 1.29 is 26.7 Å². The fourth-order valence-corrected chi connectivity index (χ4v) is 3.78. The van der Waals surface area contributed by atoms with Crippen LogP contribution in [0, 0.1) is 11.6 Å². The molecule has 1 aliphatic rings. The Morgan fingerprint density at radius 3 is 2.63 bits per heavy atom. The topological polar surface area (TPSA) is 75.7 Å². The number of carbonyl (C=O) groups is 1. The summed E-state index contributed by atoms with van der Waals surface area (Å²) in [5, 5.41) is 2.75. The molecule has 0 aliphatic carbocycles. The van der Waals surface area contributed by atoms with Gasteiger partial charge in [0.1, 0.15) is 5.75 Å². The van der Waals surface area contributed by atoms with E-state index in [4.69, 9.17) is 16.3 Å². The molecular formula is C17H15ClF2N2O4S. The van der Waals surface area contributed by atoms with Gasteiger partial charge in [0, 0.05) is 29.7 Å². The van der Waals surface area contributed by atoms with Crippen LogP contribution in [0.1, 0.15) is 6.42 Å². The van der Waals surface area contributed by atoms with Crippen LogP contribution in [0.5, 0.6) is 5.75 Å². The van der Waals surface area contributed by atoms with E-state index >= 15 is 0 Å². The lowest BCUT2D eigenvalue weighted by Gasteiger charge is -2.21. The van der Waals surface area contributed by atoms with Crippen molar-refractivity contribution in [2.24, 2.45) is 0 Å². The molecule has 0 bridgehead atoms. The van der Waals surface area contributed by atoms with Crippen LogP contribution in [-0.4, -0.2) is 33.2 Å². The van der Waals surface area contributed by atoms with Gasteiger partial charge in [0.15, 0.2) is 17.7 Å². The Morgan fingerprint density at radius 2 is 1.96 bits per heavy atom. The van der Waals surface area contributed by atoms with Gasteiger partial charge in [-0.2, -0.15) is 0 Å². The Labute approximate surface area is 159 Å². The Hall–Kier alpha value is -2.39. The van der Waals surface area contributed by atoms with E-state index in [0.717, 1.165) is 22.7 Å². The van der Waals surface area contributed by atoms with Gasteiger partial charge in [-0.3, -0.25) is 9.10 Å². The van der Waals surface area contributed by atoms with Gasteiger partial charge in [0.05, 0.1) is 11.9 Å². The molecule has 2 aromatic rings. The number of rotatable bonds is 3. The monoisotopic (exact) mass is 416 g/mol. The molecule has 1 atom stereocenters. The number of nitrogens with zero attached hydrogens (tertiary/aromatic N) is 1. The normalized spacial score (nSPS) is 16.9. The van der Waals surface area contributed by atoms with Crippen molar-refractivity contribution in [2.75, 3.05) is 22.4 Å². The maximum absolute atomic E-state index is 13.3. The zero-order chi connectivity index (χ0) is 19.8. The molecule has 1 aliphatic heterocycles. The van der Waals surface area contributed by atoms with Gasteiger partial charge < -0.3 is 10.1 Å². The second kappa shape index (κ2) is 7.32. The number of fused-ring (bicyclic) bond motifs is 1. The molecule has 10 heteroatoms. The van der Waals surface area contributed by atoms with Crippen molar-refractivity contribution in [1.29, 1.82) is 0 Å². The molecule has 0 fully saturated rings. The van der Waals surface area contributed by atoms with E-state index in [-0.39, 0.29) is 30.1 Å². The molecule has 3 rings (SSSR count). The minimum atomic E-state index is -3.63. The first kappa shape index (κ1) is 19.4. The molecule has 0 saturated carbocycles. The fourth-order valence-electron chi connectivity index (χ4n) is 2.68. The number of hydrogen-bond acceptors (Lipinski definition) is 4. The standard InChI is InChI=1S/C17H15ClF2N2O4S/c1-27(24,25)22-7-6-16(26-15-5-2-10(18)8-14(15)22)17(23)21-11-3-4-12(19)13(20)9-11/h2-5,8-9,16H,6-7H2,1H3,(H,21,23)/t16-/m0/s1. The number of nitrogens with one attached hydrogen (secondary N) is 1. The Balaban J connectivity index is 1.87. The Morgan fingerprint density at radius 1 is 1.22 bits per heavy atom. The maximum atomic E-state index is 13.3. The van der Waals surface area contributed by atoms with Crippen molar-refractivity contribution in [1.82, 2.24) is 0 Å². The molecule has 1 heterocycles. The summed E-state index contributed by atoms with van der Waals surface area (Å²) < 4.78 is 57.3. The van der Waals surface area contributed by atoms with Gasteiger partial charge in [-0.05, 0) is 30.3 Å². The van der Waals surface area contributed by atoms with E-state index in [0.29, 0.717) is 5.02 Å². The predicted molar refractivity (Wildman–Crippen MR) is 97.7 cm³/mol. The quantitative estimate of drug-likeness (QED) is 0.833. The zero-order valence-electron chi connectivity index (χ0n) is 14.1. The van der Waals surface area contributed by atoms with E-state index in [9.17, 15) is 22.0 Å². The Bertz CT molecular complexity index is 1000. The van der Waals surface area contributed by atoms with Crippen LogP contribution < -0.4 is 14.4 Å². The van der Waals surface area contributed by atoms with Crippen LogP contribution in [0.4, 0.5) is 20.2 Å². The van der Waals surface area contributed by atoms with E-state index in [1.807, 2.05) is 0 Å². The largest absolute Gasteiger partial charge is 0.478 e. The SMILES string of the molecule is CS(=O)(=O)N1CC[C@@H](C(=O)Nc2ccc(F)c(F)c2)Oc2ccc(Cl)cc21. The van der Waals surface area contributed by atoms with Crippen molar-refractivity contribution in [2.45, 2.75) is 12.5 Å². The number of ether oxygens (including phenoxy) is 1. The molecule has 6 nitrogen and oxygen atoms in total. The summed E-state index contributed by atoms with van der Waals surface area (Å²) in [5.41, 5.74) is 0.288. The summed E-state index contributed by atoms with van der Waals surface area (Å²) >= 11 is 5.96. The number of halogens is 3. The van der Waals surface area contributed by atoms with E-state index in [1.165, 1.54) is 24.3 Å². The van der Waals surface area contributed by atoms with Crippen LogP contribution in [-0.2, 0) is 14.8 Å². The zero-order valence-corrected chi connectivity index (χ0v) is 15.7. The molecule has 2 aromatic carbocycles. The van der Waals surface area contributed by atoms with Crippen LogP contribution in [0.25, 0.3) is 0 Å². The second-order valence-corrected chi connectivity index (χ2v) is 8.30. The highest BCUT2D eigenvalue weighted by molar-refractivity contribution is 7.92. The van der Waals surface area contributed by atoms with E-state index < -0.39 is 33.7 Å². The number of benzene rings is 2. The number of anilines is 2. The summed E-state index contributed by atoms with van der Waals surface area (Å²) in [7, 11) is -3.63. The lowest BCUT2D eigenvalue weighted by molar-refractivity contribution is -0.122. The molecular weight excluding hydrogens is 402 g/mol. The smallest absolute Gasteiger partial charge is 0.265 e. The van der Waals surface area contributed by atoms with Crippen LogP contribution >= 0.6 is 11.6 Å². The van der Waals surface area contributed by atoms with Crippen molar-refractivity contribution in [3.8, 4) is 5.75 Å². The minimum Gasteiger partial charge on any atom is -0.478 e. The lowest BCUT2D eigenvalue weighted by atomic mass is 10.2. The number of hydrogen-bond donors (Lipinski definition) is 1. The van der Waals surface area contributed by atoms with E-state index in [1.54, 1.807) is 0 Å². The molecule has 1 amide bonds. The van der Waals surface area contributed by atoms with Gasteiger partial charge in [0.2, 0.25) is 10.0 Å². The predicted octanol–water partition coefficient (Wildman–Crippen LogP) is 3.17. The van der Waals surface area contributed by atoms with E-state index in [2.05, 4.69) is 5.32 Å². The molecule has 0 spiro atoms. The van der Waals surface area contributed by atoms with Crippen molar-refractivity contribution in [3.05, 3.63) is 53.1 Å². The van der Waals surface area contributed by atoms with Gasteiger partial charge in [-0.25, -0.2) is 17.2 Å². The molecule has 0 unspecified atom stereocenters.